The number of carbonyl (C=O) groups excluding carboxylic acids is 3. The molecule has 4 aromatic rings. The smallest absolute Gasteiger partial charge is 0.254 e. The first-order chi connectivity index (χ1) is 18.4. The number of ether oxygens (including phenoxy) is 1. The summed E-state index contributed by atoms with van der Waals surface area (Å²) >= 11 is 0. The lowest BCUT2D eigenvalue weighted by Gasteiger charge is -2.23. The normalized spacial score (nSPS) is 10.7. The van der Waals surface area contributed by atoms with Gasteiger partial charge in [0, 0.05) is 24.3 Å². The standard InChI is InChI=1S/C31H31N3O4/c1-22-27(30(32)36)19-28(34(22)18-17-23-9-5-3-6-10-23)29(35)21-33(20-24-11-7-4-8-12-24)31(37)25-13-15-26(38-2)16-14-25/h3-16,19H,17-18,20-21H2,1-2H3,(H2,32,36). The summed E-state index contributed by atoms with van der Waals surface area (Å²) in [4.78, 5) is 40.9. The van der Waals surface area contributed by atoms with Gasteiger partial charge in [0.1, 0.15) is 5.75 Å². The monoisotopic (exact) mass is 509 g/mol. The zero-order valence-electron chi connectivity index (χ0n) is 21.6. The number of Topliss-reactive ketones (excluding diaryl/α,β-unsaturated/α-hetero) is 1. The van der Waals surface area contributed by atoms with Gasteiger partial charge in [0.25, 0.3) is 11.8 Å². The van der Waals surface area contributed by atoms with Crippen molar-refractivity contribution in [3.8, 4) is 5.75 Å². The average molecular weight is 510 g/mol. The van der Waals surface area contributed by atoms with Crippen LogP contribution in [0.4, 0.5) is 0 Å². The van der Waals surface area contributed by atoms with Crippen LogP contribution in [0.25, 0.3) is 0 Å². The van der Waals surface area contributed by atoms with E-state index in [4.69, 9.17) is 10.5 Å². The Morgan fingerprint density at radius 1 is 0.868 bits per heavy atom. The highest BCUT2D eigenvalue weighted by molar-refractivity contribution is 6.04. The molecule has 0 fully saturated rings. The van der Waals surface area contributed by atoms with Crippen molar-refractivity contribution < 1.29 is 19.1 Å². The van der Waals surface area contributed by atoms with Crippen molar-refractivity contribution in [1.29, 1.82) is 0 Å². The van der Waals surface area contributed by atoms with Gasteiger partial charge in [-0.1, -0.05) is 60.7 Å². The fourth-order valence-electron chi connectivity index (χ4n) is 4.47. The van der Waals surface area contributed by atoms with Crippen molar-refractivity contribution in [3.05, 3.63) is 125 Å². The molecule has 194 valence electrons. The molecule has 0 saturated heterocycles. The van der Waals surface area contributed by atoms with Crippen LogP contribution in [0.2, 0.25) is 0 Å². The minimum atomic E-state index is -0.592. The second kappa shape index (κ2) is 12.1. The number of hydrogen-bond acceptors (Lipinski definition) is 4. The molecule has 4 rings (SSSR count). The minimum Gasteiger partial charge on any atom is -0.497 e. The Kier molecular flexibility index (Phi) is 8.38. The van der Waals surface area contributed by atoms with Crippen LogP contribution < -0.4 is 10.5 Å². The second-order valence-corrected chi connectivity index (χ2v) is 9.08. The van der Waals surface area contributed by atoms with Gasteiger partial charge >= 0.3 is 0 Å². The summed E-state index contributed by atoms with van der Waals surface area (Å²) in [5.74, 6) is -0.506. The largest absolute Gasteiger partial charge is 0.497 e. The number of nitrogens with zero attached hydrogens (tertiary/aromatic N) is 2. The third-order valence-corrected chi connectivity index (χ3v) is 6.56. The number of hydrogen-bond donors (Lipinski definition) is 1. The van der Waals surface area contributed by atoms with Crippen molar-refractivity contribution in [2.75, 3.05) is 13.7 Å². The van der Waals surface area contributed by atoms with E-state index in [1.807, 2.05) is 65.2 Å². The molecule has 2 amide bonds. The first-order valence-electron chi connectivity index (χ1n) is 12.4. The second-order valence-electron chi connectivity index (χ2n) is 9.08. The summed E-state index contributed by atoms with van der Waals surface area (Å²) in [5.41, 5.74) is 9.36. The maximum absolute atomic E-state index is 13.7. The molecule has 0 saturated carbocycles. The predicted molar refractivity (Wildman–Crippen MR) is 146 cm³/mol. The van der Waals surface area contributed by atoms with E-state index < -0.39 is 5.91 Å². The Morgan fingerprint density at radius 2 is 1.47 bits per heavy atom. The molecule has 0 aliphatic heterocycles. The molecule has 1 aromatic heterocycles. The van der Waals surface area contributed by atoms with Crippen molar-refractivity contribution in [2.45, 2.75) is 26.4 Å². The third kappa shape index (κ3) is 6.18. The first-order valence-corrected chi connectivity index (χ1v) is 12.4. The van der Waals surface area contributed by atoms with Gasteiger partial charge in [0.2, 0.25) is 0 Å². The Bertz CT molecular complexity index is 1410. The lowest BCUT2D eigenvalue weighted by molar-refractivity contribution is 0.0695. The minimum absolute atomic E-state index is 0.160. The zero-order valence-corrected chi connectivity index (χ0v) is 21.6. The zero-order chi connectivity index (χ0) is 27.1. The summed E-state index contributed by atoms with van der Waals surface area (Å²) in [5, 5.41) is 0. The number of ketones is 1. The number of aryl methyl sites for hydroxylation is 1. The lowest BCUT2D eigenvalue weighted by atomic mass is 10.1. The highest BCUT2D eigenvalue weighted by Crippen LogP contribution is 2.20. The molecular formula is C31H31N3O4. The van der Waals surface area contributed by atoms with Crippen LogP contribution >= 0.6 is 0 Å². The Balaban J connectivity index is 1.64. The molecule has 3 aromatic carbocycles. The van der Waals surface area contributed by atoms with Crippen molar-refractivity contribution >= 4 is 17.6 Å². The van der Waals surface area contributed by atoms with E-state index in [1.165, 1.54) is 4.90 Å². The van der Waals surface area contributed by atoms with Gasteiger partial charge in [0.05, 0.1) is 24.9 Å². The maximum atomic E-state index is 13.7. The fourth-order valence-corrected chi connectivity index (χ4v) is 4.47. The predicted octanol–water partition coefficient (Wildman–Crippen LogP) is 4.67. The summed E-state index contributed by atoms with van der Waals surface area (Å²) in [7, 11) is 1.56. The number of aromatic nitrogens is 1. The number of amides is 2. The SMILES string of the molecule is COc1ccc(C(=O)N(CC(=O)c2cc(C(N)=O)c(C)n2CCc2ccccc2)Cc2ccccc2)cc1. The van der Waals surface area contributed by atoms with E-state index in [2.05, 4.69) is 0 Å². The van der Waals surface area contributed by atoms with E-state index in [1.54, 1.807) is 44.4 Å². The Labute approximate surface area is 222 Å². The molecule has 2 N–H and O–H groups in total. The van der Waals surface area contributed by atoms with E-state index in [9.17, 15) is 14.4 Å². The highest BCUT2D eigenvalue weighted by Gasteiger charge is 2.25. The van der Waals surface area contributed by atoms with Gasteiger partial charge in [-0.2, -0.15) is 0 Å². The summed E-state index contributed by atoms with van der Waals surface area (Å²) in [6.45, 7) is 2.37. The summed E-state index contributed by atoms with van der Waals surface area (Å²) in [6, 6.07) is 27.8. The van der Waals surface area contributed by atoms with E-state index in [0.717, 1.165) is 11.1 Å². The van der Waals surface area contributed by atoms with Crippen LogP contribution in [0.1, 0.15) is 48.0 Å². The molecular weight excluding hydrogens is 478 g/mol. The number of benzene rings is 3. The number of carbonyl (C=O) groups is 3. The average Bonchev–Trinajstić information content (AvgIpc) is 3.28. The number of rotatable bonds is 11. The Hall–Kier alpha value is -4.65. The molecule has 0 aliphatic carbocycles. The first kappa shape index (κ1) is 26.4. The molecule has 0 aliphatic rings. The number of nitrogens with two attached hydrogens (primary N) is 1. The lowest BCUT2D eigenvalue weighted by Crippen LogP contribution is -2.36. The topological polar surface area (TPSA) is 94.6 Å². The molecule has 7 nitrogen and oxygen atoms in total. The fraction of sp³-hybridized carbons (Fsp3) is 0.194. The molecule has 0 bridgehead atoms. The van der Waals surface area contributed by atoms with Gasteiger partial charge in [-0.25, -0.2) is 0 Å². The number of methoxy groups -OCH3 is 1. The summed E-state index contributed by atoms with van der Waals surface area (Å²) in [6.07, 6.45) is 0.674. The van der Waals surface area contributed by atoms with Crippen LogP contribution in [-0.2, 0) is 19.5 Å². The molecule has 0 unspecified atom stereocenters. The van der Waals surface area contributed by atoms with Crippen molar-refractivity contribution in [2.24, 2.45) is 5.73 Å². The molecule has 0 atom stereocenters. The molecule has 0 radical (unpaired) electrons. The number of primary amides is 1. The maximum Gasteiger partial charge on any atom is 0.254 e. The molecule has 38 heavy (non-hydrogen) atoms. The van der Waals surface area contributed by atoms with E-state index in [0.29, 0.717) is 41.2 Å². The highest BCUT2D eigenvalue weighted by atomic mass is 16.5. The van der Waals surface area contributed by atoms with Gasteiger partial charge in [-0.05, 0) is 54.8 Å². The molecule has 1 heterocycles. The van der Waals surface area contributed by atoms with Crippen molar-refractivity contribution in [3.63, 3.8) is 0 Å². The van der Waals surface area contributed by atoms with Crippen LogP contribution in [0.5, 0.6) is 5.75 Å². The third-order valence-electron chi connectivity index (χ3n) is 6.56. The van der Waals surface area contributed by atoms with Gasteiger partial charge in [-0.3, -0.25) is 14.4 Å². The van der Waals surface area contributed by atoms with Gasteiger partial charge in [0.15, 0.2) is 5.78 Å². The van der Waals surface area contributed by atoms with Crippen molar-refractivity contribution in [1.82, 2.24) is 9.47 Å². The molecule has 7 heteroatoms. The van der Waals surface area contributed by atoms with Crippen LogP contribution in [-0.4, -0.2) is 40.7 Å². The van der Waals surface area contributed by atoms with E-state index >= 15 is 0 Å². The van der Waals surface area contributed by atoms with Crippen LogP contribution in [0, 0.1) is 6.92 Å². The van der Waals surface area contributed by atoms with Crippen LogP contribution in [0.3, 0.4) is 0 Å². The van der Waals surface area contributed by atoms with Crippen LogP contribution in [0.15, 0.2) is 91.0 Å². The van der Waals surface area contributed by atoms with E-state index in [-0.39, 0.29) is 24.8 Å². The summed E-state index contributed by atoms with van der Waals surface area (Å²) < 4.78 is 7.04. The van der Waals surface area contributed by atoms with Gasteiger partial charge < -0.3 is 19.9 Å². The molecule has 0 spiro atoms. The quantitative estimate of drug-likeness (QED) is 0.297. The Morgan fingerprint density at radius 3 is 2.05 bits per heavy atom. The van der Waals surface area contributed by atoms with Gasteiger partial charge in [-0.15, -0.1) is 0 Å².